The van der Waals surface area contributed by atoms with E-state index in [-0.39, 0.29) is 11.6 Å². The number of pyridine rings is 2. The third kappa shape index (κ3) is 3.61. The van der Waals surface area contributed by atoms with Gasteiger partial charge in [-0.05, 0) is 31.2 Å². The summed E-state index contributed by atoms with van der Waals surface area (Å²) in [5, 5.41) is 5.19. The van der Waals surface area contributed by atoms with E-state index in [2.05, 4.69) is 20.6 Å². The van der Waals surface area contributed by atoms with Crippen molar-refractivity contribution < 1.29 is 9.59 Å². The van der Waals surface area contributed by atoms with Crippen molar-refractivity contribution in [3.8, 4) is 0 Å². The largest absolute Gasteiger partial charge is 0.339 e. The van der Waals surface area contributed by atoms with Crippen molar-refractivity contribution in [3.05, 3.63) is 54.5 Å². The molecule has 0 unspecified atom stereocenters. The Labute approximate surface area is 116 Å². The van der Waals surface area contributed by atoms with Crippen LogP contribution >= 0.6 is 0 Å². The monoisotopic (exact) mass is 270 g/mol. The summed E-state index contributed by atoms with van der Waals surface area (Å²) in [7, 11) is 0. The van der Waals surface area contributed by atoms with Gasteiger partial charge in [0.2, 0.25) is 5.91 Å². The highest BCUT2D eigenvalue weighted by molar-refractivity contribution is 5.99. The second-order valence-electron chi connectivity index (χ2n) is 4.11. The average molecular weight is 270 g/mol. The van der Waals surface area contributed by atoms with Crippen molar-refractivity contribution in [2.24, 2.45) is 0 Å². The van der Waals surface area contributed by atoms with Crippen LogP contribution < -0.4 is 10.6 Å². The van der Waals surface area contributed by atoms with Crippen LogP contribution in [-0.4, -0.2) is 27.8 Å². The second-order valence-corrected chi connectivity index (χ2v) is 4.11. The molecule has 2 aromatic heterocycles. The maximum Gasteiger partial charge on any atom is 0.270 e. The van der Waals surface area contributed by atoms with E-state index in [1.54, 1.807) is 49.5 Å². The van der Waals surface area contributed by atoms with E-state index in [4.69, 9.17) is 0 Å². The molecule has 0 spiro atoms. The minimum Gasteiger partial charge on any atom is -0.339 e. The van der Waals surface area contributed by atoms with Crippen LogP contribution in [0.5, 0.6) is 0 Å². The van der Waals surface area contributed by atoms with Gasteiger partial charge in [0.05, 0.1) is 0 Å². The Kier molecular flexibility index (Phi) is 4.39. The summed E-state index contributed by atoms with van der Waals surface area (Å²) in [6, 6.07) is 9.51. The molecule has 2 heterocycles. The lowest BCUT2D eigenvalue weighted by atomic mass is 10.2. The summed E-state index contributed by atoms with van der Waals surface area (Å²) in [5.41, 5.74) is 0.269. The molecular formula is C14H14N4O2. The zero-order chi connectivity index (χ0) is 14.4. The lowest BCUT2D eigenvalue weighted by Gasteiger charge is -2.13. The van der Waals surface area contributed by atoms with E-state index in [0.29, 0.717) is 5.82 Å². The molecule has 0 radical (unpaired) electrons. The molecule has 1 atom stereocenters. The molecule has 0 aromatic carbocycles. The quantitative estimate of drug-likeness (QED) is 0.875. The Morgan fingerprint density at radius 2 is 1.75 bits per heavy atom. The Morgan fingerprint density at radius 3 is 2.35 bits per heavy atom. The Balaban J connectivity index is 1.93. The van der Waals surface area contributed by atoms with Crippen molar-refractivity contribution in [2.75, 3.05) is 5.32 Å². The molecule has 0 aliphatic heterocycles. The molecule has 102 valence electrons. The van der Waals surface area contributed by atoms with Gasteiger partial charge in [0.25, 0.3) is 5.91 Å². The predicted octanol–water partition coefficient (Wildman–Crippen LogP) is 1.23. The molecule has 2 N–H and O–H groups in total. The summed E-state index contributed by atoms with van der Waals surface area (Å²) in [4.78, 5) is 31.6. The fourth-order valence-electron chi connectivity index (χ4n) is 1.50. The molecule has 20 heavy (non-hydrogen) atoms. The molecule has 0 aliphatic carbocycles. The molecule has 6 nitrogen and oxygen atoms in total. The number of amides is 2. The summed E-state index contributed by atoms with van der Waals surface area (Å²) in [6.45, 7) is 1.60. The smallest absolute Gasteiger partial charge is 0.270 e. The van der Waals surface area contributed by atoms with Gasteiger partial charge < -0.3 is 10.6 Å². The molecular weight excluding hydrogens is 256 g/mol. The number of carbonyl (C=O) groups is 2. The van der Waals surface area contributed by atoms with Crippen LogP contribution in [0, 0.1) is 0 Å². The highest BCUT2D eigenvalue weighted by Crippen LogP contribution is 2.01. The highest BCUT2D eigenvalue weighted by Gasteiger charge is 2.17. The van der Waals surface area contributed by atoms with E-state index >= 15 is 0 Å². The number of hydrogen-bond donors (Lipinski definition) is 2. The third-order valence-corrected chi connectivity index (χ3v) is 2.55. The van der Waals surface area contributed by atoms with Crippen molar-refractivity contribution in [3.63, 3.8) is 0 Å². The number of carbonyl (C=O) groups excluding carboxylic acids is 2. The van der Waals surface area contributed by atoms with Crippen LogP contribution in [0.25, 0.3) is 0 Å². The zero-order valence-corrected chi connectivity index (χ0v) is 10.9. The van der Waals surface area contributed by atoms with E-state index in [9.17, 15) is 9.59 Å². The first kappa shape index (κ1) is 13.7. The molecule has 0 saturated heterocycles. The Bertz CT molecular complexity index is 587. The summed E-state index contributed by atoms with van der Waals surface area (Å²) >= 11 is 0. The summed E-state index contributed by atoms with van der Waals surface area (Å²) < 4.78 is 0. The molecule has 2 amide bonds. The minimum absolute atomic E-state index is 0.269. The molecule has 6 heteroatoms. The molecule has 2 rings (SSSR count). The number of rotatable bonds is 4. The van der Waals surface area contributed by atoms with Crippen LogP contribution in [-0.2, 0) is 4.79 Å². The predicted molar refractivity (Wildman–Crippen MR) is 74.0 cm³/mol. The van der Waals surface area contributed by atoms with Gasteiger partial charge in [-0.1, -0.05) is 12.1 Å². The third-order valence-electron chi connectivity index (χ3n) is 2.55. The molecule has 0 aliphatic rings. The lowest BCUT2D eigenvalue weighted by molar-refractivity contribution is -0.117. The van der Waals surface area contributed by atoms with Gasteiger partial charge in [-0.25, -0.2) is 4.98 Å². The topological polar surface area (TPSA) is 84.0 Å². The standard InChI is InChI=1S/C14H14N4O2/c1-10(13(19)18-12-7-3-5-9-16-12)17-14(20)11-6-2-4-8-15-11/h2-10H,1H3,(H,17,20)(H,16,18,19)/t10-/m0/s1. The SMILES string of the molecule is C[C@H](NC(=O)c1ccccn1)C(=O)Nc1ccccn1. The molecule has 2 aromatic rings. The van der Waals surface area contributed by atoms with Crippen LogP contribution in [0.4, 0.5) is 5.82 Å². The molecule has 0 bridgehead atoms. The van der Waals surface area contributed by atoms with Gasteiger partial charge in [0.1, 0.15) is 17.6 Å². The first-order valence-electron chi connectivity index (χ1n) is 6.10. The lowest BCUT2D eigenvalue weighted by Crippen LogP contribution is -2.41. The number of hydrogen-bond acceptors (Lipinski definition) is 4. The number of nitrogens with zero attached hydrogens (tertiary/aromatic N) is 2. The maximum atomic E-state index is 11.9. The van der Waals surface area contributed by atoms with Gasteiger partial charge >= 0.3 is 0 Å². The van der Waals surface area contributed by atoms with Crippen molar-refractivity contribution >= 4 is 17.6 Å². The number of anilines is 1. The van der Waals surface area contributed by atoms with Gasteiger partial charge in [-0.3, -0.25) is 14.6 Å². The second kappa shape index (κ2) is 6.42. The van der Waals surface area contributed by atoms with Crippen molar-refractivity contribution in [2.45, 2.75) is 13.0 Å². The van der Waals surface area contributed by atoms with Gasteiger partial charge in [0.15, 0.2) is 0 Å². The maximum absolute atomic E-state index is 11.9. The van der Waals surface area contributed by atoms with E-state index in [1.165, 1.54) is 6.20 Å². The zero-order valence-electron chi connectivity index (χ0n) is 10.9. The van der Waals surface area contributed by atoms with Crippen LogP contribution in [0.15, 0.2) is 48.8 Å². The van der Waals surface area contributed by atoms with E-state index in [1.807, 2.05) is 0 Å². The van der Waals surface area contributed by atoms with E-state index < -0.39 is 11.9 Å². The van der Waals surface area contributed by atoms with Crippen LogP contribution in [0.3, 0.4) is 0 Å². The first-order valence-corrected chi connectivity index (χ1v) is 6.10. The fourth-order valence-corrected chi connectivity index (χ4v) is 1.50. The normalized spacial score (nSPS) is 11.4. The van der Waals surface area contributed by atoms with Crippen molar-refractivity contribution in [1.29, 1.82) is 0 Å². The number of aromatic nitrogens is 2. The Morgan fingerprint density at radius 1 is 1.05 bits per heavy atom. The summed E-state index contributed by atoms with van der Waals surface area (Å²) in [5.74, 6) is -0.293. The van der Waals surface area contributed by atoms with Gasteiger partial charge in [-0.2, -0.15) is 0 Å². The minimum atomic E-state index is -0.688. The van der Waals surface area contributed by atoms with Gasteiger partial charge in [-0.15, -0.1) is 0 Å². The first-order chi connectivity index (χ1) is 9.66. The fraction of sp³-hybridized carbons (Fsp3) is 0.143. The van der Waals surface area contributed by atoms with Crippen LogP contribution in [0.1, 0.15) is 17.4 Å². The van der Waals surface area contributed by atoms with E-state index in [0.717, 1.165) is 0 Å². The average Bonchev–Trinajstić information content (AvgIpc) is 2.49. The summed E-state index contributed by atoms with van der Waals surface area (Å²) in [6.07, 6.45) is 3.10. The highest BCUT2D eigenvalue weighted by atomic mass is 16.2. The number of nitrogens with one attached hydrogen (secondary N) is 2. The van der Waals surface area contributed by atoms with Crippen molar-refractivity contribution in [1.82, 2.24) is 15.3 Å². The molecule has 0 saturated carbocycles. The Hall–Kier alpha value is -2.76. The molecule has 0 fully saturated rings. The van der Waals surface area contributed by atoms with Crippen LogP contribution in [0.2, 0.25) is 0 Å². The van der Waals surface area contributed by atoms with Gasteiger partial charge in [0, 0.05) is 12.4 Å².